The molecule has 1 N–H and O–H groups in total. The molecule has 0 aromatic rings. The molecule has 1 rings (SSSR count). The average molecular weight is 281 g/mol. The first kappa shape index (κ1) is 13.1. The summed E-state index contributed by atoms with van der Waals surface area (Å²) in [7, 11) is 1.51. The van der Waals surface area contributed by atoms with Crippen molar-refractivity contribution in [2.24, 2.45) is 5.41 Å². The number of Topliss-reactive ketones (excluding diaryl/α,β-unsaturated/α-hetero) is 1. The Morgan fingerprint density at radius 3 is 2.60 bits per heavy atom. The summed E-state index contributed by atoms with van der Waals surface area (Å²) in [5, 5.41) is 9.66. The van der Waals surface area contributed by atoms with Crippen molar-refractivity contribution in [2.75, 3.05) is 19.0 Å². The molecule has 5 heteroatoms. The largest absolute Gasteiger partial charge is 0.393 e. The lowest BCUT2D eigenvalue weighted by Gasteiger charge is -2.44. The maximum Gasteiger partial charge on any atom is 0.193 e. The van der Waals surface area contributed by atoms with E-state index in [0.717, 1.165) is 0 Å². The minimum Gasteiger partial charge on any atom is -0.393 e. The molecular formula is C10H17BrO4. The lowest BCUT2D eigenvalue weighted by atomic mass is 9.76. The van der Waals surface area contributed by atoms with Crippen LogP contribution < -0.4 is 0 Å². The fraction of sp³-hybridized carbons (Fsp3) is 0.900. The molecule has 1 aliphatic heterocycles. The number of ketones is 1. The normalized spacial score (nSPS) is 35.5. The second kappa shape index (κ2) is 4.91. The standard InChI is InChI=1S/C10H17BrO4/c1-10(2)7(4-11)15-6(5-12)8(13)9(10)14-3/h6-7,9,12H,4-5H2,1-3H3/t6-,7+,9-/m1/s1. The molecule has 0 amide bonds. The molecule has 0 unspecified atom stereocenters. The number of carbonyl (C=O) groups excluding carboxylic acids is 1. The third-order valence-electron chi connectivity index (χ3n) is 2.95. The van der Waals surface area contributed by atoms with Crippen LogP contribution in [0.4, 0.5) is 0 Å². The van der Waals surface area contributed by atoms with Crippen molar-refractivity contribution < 1.29 is 19.4 Å². The summed E-state index contributed by atoms with van der Waals surface area (Å²) in [6.45, 7) is 3.56. The summed E-state index contributed by atoms with van der Waals surface area (Å²) >= 11 is 3.35. The smallest absolute Gasteiger partial charge is 0.193 e. The van der Waals surface area contributed by atoms with E-state index >= 15 is 0 Å². The molecule has 1 heterocycles. The van der Waals surface area contributed by atoms with Crippen LogP contribution >= 0.6 is 15.9 Å². The quantitative estimate of drug-likeness (QED) is 0.776. The Labute approximate surface area is 98.1 Å². The summed E-state index contributed by atoms with van der Waals surface area (Å²) in [5.41, 5.74) is -0.388. The third-order valence-corrected chi connectivity index (χ3v) is 3.54. The SMILES string of the molecule is CO[C@@H]1C(=O)[C@@H](CO)O[C@@H](CBr)C1(C)C. The van der Waals surface area contributed by atoms with Crippen LogP contribution in [0.15, 0.2) is 0 Å². The number of hydrogen-bond donors (Lipinski definition) is 1. The van der Waals surface area contributed by atoms with Crippen molar-refractivity contribution in [3.05, 3.63) is 0 Å². The Kier molecular flexibility index (Phi) is 4.29. The minimum atomic E-state index is -0.759. The van der Waals surface area contributed by atoms with Gasteiger partial charge in [0, 0.05) is 17.9 Å². The minimum absolute atomic E-state index is 0.141. The van der Waals surface area contributed by atoms with Gasteiger partial charge in [0.25, 0.3) is 0 Å². The molecule has 0 aromatic carbocycles. The van der Waals surface area contributed by atoms with Gasteiger partial charge in [0.05, 0.1) is 12.7 Å². The van der Waals surface area contributed by atoms with Crippen molar-refractivity contribution in [1.82, 2.24) is 0 Å². The number of ether oxygens (including phenoxy) is 2. The molecule has 88 valence electrons. The van der Waals surface area contributed by atoms with Gasteiger partial charge < -0.3 is 14.6 Å². The van der Waals surface area contributed by atoms with Gasteiger partial charge >= 0.3 is 0 Å². The van der Waals surface area contributed by atoms with E-state index in [2.05, 4.69) is 15.9 Å². The van der Waals surface area contributed by atoms with Gasteiger partial charge in [0.2, 0.25) is 0 Å². The van der Waals surface area contributed by atoms with Crippen LogP contribution in [0.3, 0.4) is 0 Å². The van der Waals surface area contributed by atoms with E-state index in [1.54, 1.807) is 0 Å². The van der Waals surface area contributed by atoms with Gasteiger partial charge in [-0.3, -0.25) is 4.79 Å². The van der Waals surface area contributed by atoms with Crippen LogP contribution in [0.2, 0.25) is 0 Å². The van der Waals surface area contributed by atoms with Crippen molar-refractivity contribution in [1.29, 1.82) is 0 Å². The predicted octanol–water partition coefficient (Wildman–Crippen LogP) is 0.751. The number of alkyl halides is 1. The first-order valence-corrected chi connectivity index (χ1v) is 6.00. The summed E-state index contributed by atoms with van der Waals surface area (Å²) in [4.78, 5) is 11.8. The zero-order valence-corrected chi connectivity index (χ0v) is 10.8. The molecule has 0 aliphatic carbocycles. The second-order valence-electron chi connectivity index (χ2n) is 4.29. The number of aliphatic hydroxyl groups is 1. The van der Waals surface area contributed by atoms with Crippen molar-refractivity contribution in [2.45, 2.75) is 32.2 Å². The van der Waals surface area contributed by atoms with Gasteiger partial charge in [-0.2, -0.15) is 0 Å². The highest BCUT2D eigenvalue weighted by Gasteiger charge is 2.49. The number of aliphatic hydroxyl groups excluding tert-OH is 1. The molecule has 4 nitrogen and oxygen atoms in total. The van der Waals surface area contributed by atoms with Gasteiger partial charge in [0.1, 0.15) is 12.2 Å². The fourth-order valence-electron chi connectivity index (χ4n) is 1.93. The molecule has 1 aliphatic rings. The van der Waals surface area contributed by atoms with Gasteiger partial charge in [-0.25, -0.2) is 0 Å². The molecule has 1 saturated heterocycles. The number of hydrogen-bond acceptors (Lipinski definition) is 4. The van der Waals surface area contributed by atoms with Gasteiger partial charge in [-0.05, 0) is 0 Å². The zero-order chi connectivity index (χ0) is 11.6. The van der Waals surface area contributed by atoms with E-state index in [1.165, 1.54) is 7.11 Å². The van der Waals surface area contributed by atoms with E-state index < -0.39 is 12.2 Å². The Balaban J connectivity index is 2.94. The van der Waals surface area contributed by atoms with Crippen molar-refractivity contribution in [3.8, 4) is 0 Å². The van der Waals surface area contributed by atoms with Crippen LogP contribution in [-0.2, 0) is 14.3 Å². The van der Waals surface area contributed by atoms with Crippen molar-refractivity contribution in [3.63, 3.8) is 0 Å². The second-order valence-corrected chi connectivity index (χ2v) is 4.94. The van der Waals surface area contributed by atoms with E-state index in [9.17, 15) is 4.79 Å². The maximum atomic E-state index is 11.8. The Morgan fingerprint density at radius 1 is 1.60 bits per heavy atom. The molecule has 15 heavy (non-hydrogen) atoms. The molecule has 0 bridgehead atoms. The first-order chi connectivity index (χ1) is 6.98. The number of methoxy groups -OCH3 is 1. The number of carbonyl (C=O) groups is 1. The molecule has 1 fully saturated rings. The van der Waals surface area contributed by atoms with Crippen molar-refractivity contribution >= 4 is 21.7 Å². The summed E-state index contributed by atoms with van der Waals surface area (Å²) < 4.78 is 10.7. The van der Waals surface area contributed by atoms with E-state index in [-0.39, 0.29) is 23.9 Å². The Bertz CT molecular complexity index is 242. The molecule has 0 saturated carbocycles. The van der Waals surface area contributed by atoms with E-state index in [1.807, 2.05) is 13.8 Å². The highest BCUT2D eigenvalue weighted by Crippen LogP contribution is 2.36. The van der Waals surface area contributed by atoms with Crippen LogP contribution in [0.5, 0.6) is 0 Å². The maximum absolute atomic E-state index is 11.8. The van der Waals surface area contributed by atoms with Gasteiger partial charge in [0.15, 0.2) is 5.78 Å². The highest BCUT2D eigenvalue weighted by atomic mass is 79.9. The molecular weight excluding hydrogens is 264 g/mol. The van der Waals surface area contributed by atoms with Crippen LogP contribution in [0.25, 0.3) is 0 Å². The fourth-order valence-corrected chi connectivity index (χ4v) is 2.92. The van der Waals surface area contributed by atoms with E-state index in [0.29, 0.717) is 5.33 Å². The van der Waals surface area contributed by atoms with Crippen LogP contribution in [0.1, 0.15) is 13.8 Å². The lowest BCUT2D eigenvalue weighted by Crippen LogP contribution is -2.58. The first-order valence-electron chi connectivity index (χ1n) is 4.87. The van der Waals surface area contributed by atoms with Crippen LogP contribution in [0, 0.1) is 5.41 Å². The van der Waals surface area contributed by atoms with Gasteiger partial charge in [-0.1, -0.05) is 29.8 Å². The van der Waals surface area contributed by atoms with Gasteiger partial charge in [-0.15, -0.1) is 0 Å². The Morgan fingerprint density at radius 2 is 2.20 bits per heavy atom. The molecule has 0 radical (unpaired) electrons. The number of halogens is 1. The summed E-state index contributed by atoms with van der Waals surface area (Å²) in [5.74, 6) is -0.179. The topological polar surface area (TPSA) is 55.8 Å². The molecule has 3 atom stereocenters. The van der Waals surface area contributed by atoms with E-state index in [4.69, 9.17) is 14.6 Å². The molecule has 0 aromatic heterocycles. The molecule has 0 spiro atoms. The third kappa shape index (κ3) is 2.25. The summed E-state index contributed by atoms with van der Waals surface area (Å²) in [6, 6.07) is 0. The lowest BCUT2D eigenvalue weighted by molar-refractivity contribution is -0.189. The zero-order valence-electron chi connectivity index (χ0n) is 9.20. The predicted molar refractivity (Wildman–Crippen MR) is 59.1 cm³/mol. The summed E-state index contributed by atoms with van der Waals surface area (Å²) in [6.07, 6.45) is -1.42. The highest BCUT2D eigenvalue weighted by molar-refractivity contribution is 9.09. The average Bonchev–Trinajstić information content (AvgIpc) is 2.18. The Hall–Kier alpha value is 0.0300. The monoisotopic (exact) mass is 280 g/mol. The number of rotatable bonds is 3. The van der Waals surface area contributed by atoms with Crippen LogP contribution in [-0.4, -0.2) is 48.2 Å².